The molecule has 1 fully saturated rings. The van der Waals surface area contributed by atoms with Crippen LogP contribution in [-0.2, 0) is 32.4 Å². The summed E-state index contributed by atoms with van der Waals surface area (Å²) in [7, 11) is -1.50. The lowest BCUT2D eigenvalue weighted by Crippen LogP contribution is -2.39. The van der Waals surface area contributed by atoms with Crippen LogP contribution in [0, 0.1) is 5.92 Å². The van der Waals surface area contributed by atoms with E-state index in [9.17, 15) is 13.2 Å². The Balaban J connectivity index is 1.73. The smallest absolute Gasteiger partial charge is 0.224 e. The van der Waals surface area contributed by atoms with E-state index in [0.29, 0.717) is 31.9 Å². The highest BCUT2D eigenvalue weighted by Gasteiger charge is 2.22. The fourth-order valence-electron chi connectivity index (χ4n) is 3.29. The summed E-state index contributed by atoms with van der Waals surface area (Å²) in [4.78, 5) is 14.0. The number of hydrogen-bond donors (Lipinski definition) is 1. The van der Waals surface area contributed by atoms with Gasteiger partial charge in [0.25, 0.3) is 0 Å². The molecule has 0 saturated carbocycles. The van der Waals surface area contributed by atoms with Gasteiger partial charge in [0.05, 0.1) is 19.3 Å². The molecule has 0 radical (unpaired) electrons. The molecule has 1 amide bonds. The summed E-state index contributed by atoms with van der Waals surface area (Å²) < 4.78 is 29.6. The third kappa shape index (κ3) is 7.43. The summed E-state index contributed by atoms with van der Waals surface area (Å²) >= 11 is 0. The van der Waals surface area contributed by atoms with Crippen molar-refractivity contribution in [3.63, 3.8) is 0 Å². The molecule has 0 unspecified atom stereocenters. The van der Waals surface area contributed by atoms with E-state index in [1.807, 2.05) is 4.90 Å². The van der Waals surface area contributed by atoms with Gasteiger partial charge in [-0.2, -0.15) is 0 Å². The molecule has 1 aromatic rings. The zero-order chi connectivity index (χ0) is 19.0. The van der Waals surface area contributed by atoms with Crippen LogP contribution in [0.4, 0.5) is 0 Å². The van der Waals surface area contributed by atoms with Gasteiger partial charge >= 0.3 is 0 Å². The Hall–Kier alpha value is -1.44. The fraction of sp³-hybridized carbons (Fsp3) is 0.632. The lowest BCUT2D eigenvalue weighted by Gasteiger charge is -2.32. The molecule has 0 spiro atoms. The molecule has 6 nitrogen and oxygen atoms in total. The topological polar surface area (TPSA) is 75.7 Å². The fourth-order valence-corrected chi connectivity index (χ4v) is 3.76. The van der Waals surface area contributed by atoms with Gasteiger partial charge in [0, 0.05) is 26.7 Å². The minimum absolute atomic E-state index is 0.192. The zero-order valence-corrected chi connectivity index (χ0v) is 16.6. The van der Waals surface area contributed by atoms with Gasteiger partial charge in [-0.1, -0.05) is 24.3 Å². The van der Waals surface area contributed by atoms with E-state index >= 15 is 0 Å². The number of nitrogens with zero attached hydrogens (tertiary/aromatic N) is 1. The van der Waals surface area contributed by atoms with E-state index < -0.39 is 10.0 Å². The monoisotopic (exact) mass is 382 g/mol. The average Bonchev–Trinajstić information content (AvgIpc) is 2.61. The highest BCUT2D eigenvalue weighted by atomic mass is 32.2. The summed E-state index contributed by atoms with van der Waals surface area (Å²) in [5.74, 6) is 0.802. The molecule has 0 atom stereocenters. The number of benzene rings is 1. The van der Waals surface area contributed by atoms with Gasteiger partial charge in [-0.25, -0.2) is 13.1 Å². The third-order valence-corrected chi connectivity index (χ3v) is 5.54. The minimum atomic E-state index is -3.12. The van der Waals surface area contributed by atoms with Crippen LogP contribution in [0.15, 0.2) is 24.3 Å². The van der Waals surface area contributed by atoms with Crippen molar-refractivity contribution >= 4 is 15.9 Å². The third-order valence-electron chi connectivity index (χ3n) is 4.81. The quantitative estimate of drug-likeness (QED) is 0.704. The number of amides is 1. The number of ether oxygens (including phenoxy) is 1. The van der Waals surface area contributed by atoms with Crippen molar-refractivity contribution in [2.24, 2.45) is 5.92 Å². The number of nitrogens with one attached hydrogen (secondary N) is 1. The molecule has 1 aromatic carbocycles. The number of likely N-dealkylation sites (tertiary alicyclic amines) is 1. The predicted octanol–water partition coefficient (Wildman–Crippen LogP) is 1.60. The molecular weight excluding hydrogens is 352 g/mol. The van der Waals surface area contributed by atoms with Crippen molar-refractivity contribution in [2.75, 3.05) is 39.6 Å². The largest absolute Gasteiger partial charge is 0.384 e. The molecule has 1 N–H and O–H groups in total. The lowest BCUT2D eigenvalue weighted by molar-refractivity contribution is -0.133. The molecule has 0 aliphatic carbocycles. The first-order valence-corrected chi connectivity index (χ1v) is 11.1. The molecule has 146 valence electrons. The molecule has 26 heavy (non-hydrogen) atoms. The van der Waals surface area contributed by atoms with Crippen molar-refractivity contribution in [3.05, 3.63) is 35.4 Å². The van der Waals surface area contributed by atoms with Crippen molar-refractivity contribution in [2.45, 2.75) is 32.1 Å². The average molecular weight is 383 g/mol. The number of sulfonamides is 1. The van der Waals surface area contributed by atoms with Gasteiger partial charge < -0.3 is 9.64 Å². The van der Waals surface area contributed by atoms with Crippen molar-refractivity contribution in [3.8, 4) is 0 Å². The summed E-state index contributed by atoms with van der Waals surface area (Å²) in [5, 5.41) is 0. The van der Waals surface area contributed by atoms with Gasteiger partial charge in [-0.15, -0.1) is 0 Å². The van der Waals surface area contributed by atoms with Gasteiger partial charge in [-0.3, -0.25) is 4.79 Å². The van der Waals surface area contributed by atoms with Crippen LogP contribution in [0.3, 0.4) is 0 Å². The first kappa shape index (κ1) is 20.9. The van der Waals surface area contributed by atoms with Gasteiger partial charge in [0.1, 0.15) is 0 Å². The Morgan fingerprint density at radius 1 is 1.19 bits per heavy atom. The molecule has 1 saturated heterocycles. The van der Waals surface area contributed by atoms with Gasteiger partial charge in [-0.05, 0) is 42.7 Å². The van der Waals surface area contributed by atoms with Gasteiger partial charge in [0.2, 0.25) is 15.9 Å². The van der Waals surface area contributed by atoms with Crippen molar-refractivity contribution < 1.29 is 17.9 Å². The highest BCUT2D eigenvalue weighted by Crippen LogP contribution is 2.22. The van der Waals surface area contributed by atoms with Crippen LogP contribution in [0.5, 0.6) is 0 Å². The zero-order valence-electron chi connectivity index (χ0n) is 15.7. The number of piperidine rings is 1. The van der Waals surface area contributed by atoms with Crippen molar-refractivity contribution in [1.82, 2.24) is 9.62 Å². The van der Waals surface area contributed by atoms with Crippen LogP contribution in [0.1, 0.15) is 30.4 Å². The molecule has 0 bridgehead atoms. The molecule has 2 rings (SSSR count). The Labute approximate surface area is 157 Å². The van der Waals surface area contributed by atoms with E-state index in [1.165, 1.54) is 11.8 Å². The van der Waals surface area contributed by atoms with Crippen molar-refractivity contribution in [1.29, 1.82) is 0 Å². The maximum Gasteiger partial charge on any atom is 0.224 e. The summed E-state index contributed by atoms with van der Waals surface area (Å²) in [5.41, 5.74) is 2.43. The molecule has 1 heterocycles. The second-order valence-electron chi connectivity index (χ2n) is 7.00. The molecule has 1 aliphatic heterocycles. The van der Waals surface area contributed by atoms with Crippen LogP contribution in [0.25, 0.3) is 0 Å². The van der Waals surface area contributed by atoms with E-state index in [4.69, 9.17) is 4.74 Å². The lowest BCUT2D eigenvalue weighted by atomic mass is 9.89. The van der Waals surface area contributed by atoms with E-state index in [2.05, 4.69) is 29.0 Å². The minimum Gasteiger partial charge on any atom is -0.384 e. The number of hydrogen-bond acceptors (Lipinski definition) is 4. The Kier molecular flexibility index (Phi) is 8.06. The maximum atomic E-state index is 12.0. The first-order valence-electron chi connectivity index (χ1n) is 9.16. The maximum absolute atomic E-state index is 12.0. The number of carbonyl (C=O) groups excluding carboxylic acids is 1. The summed E-state index contributed by atoms with van der Waals surface area (Å²) in [6.45, 7) is 2.59. The van der Waals surface area contributed by atoms with Crippen LogP contribution >= 0.6 is 0 Å². The SMILES string of the molecule is COCCC(=O)N1CCC(Cc2ccc(CCNS(C)(=O)=O)cc2)CC1. The summed E-state index contributed by atoms with van der Waals surface area (Å²) in [6, 6.07) is 8.41. The van der Waals surface area contributed by atoms with E-state index in [1.54, 1.807) is 7.11 Å². The number of methoxy groups -OCH3 is 1. The highest BCUT2D eigenvalue weighted by molar-refractivity contribution is 7.88. The second-order valence-corrected chi connectivity index (χ2v) is 8.84. The Bertz CT molecular complexity index is 665. The molecular formula is C19H30N2O4S. The molecule has 1 aliphatic rings. The van der Waals surface area contributed by atoms with Crippen LogP contribution < -0.4 is 4.72 Å². The Morgan fingerprint density at radius 2 is 1.81 bits per heavy atom. The first-order chi connectivity index (χ1) is 12.4. The van der Waals surface area contributed by atoms with Crippen LogP contribution in [-0.4, -0.2) is 58.8 Å². The van der Waals surface area contributed by atoms with E-state index in [-0.39, 0.29) is 5.91 Å². The number of carbonyl (C=O) groups is 1. The standard InChI is InChI=1S/C19H30N2O4S/c1-25-14-10-19(22)21-12-8-18(9-13-21)15-17-5-3-16(4-6-17)7-11-20-26(2,23)24/h3-6,18,20H,7-15H2,1-2H3. The summed E-state index contributed by atoms with van der Waals surface area (Å²) in [6.07, 6.45) is 5.44. The van der Waals surface area contributed by atoms with E-state index in [0.717, 1.165) is 37.9 Å². The van der Waals surface area contributed by atoms with Crippen LogP contribution in [0.2, 0.25) is 0 Å². The predicted molar refractivity (Wildman–Crippen MR) is 102 cm³/mol. The second kappa shape index (κ2) is 10.0. The normalized spacial score (nSPS) is 16.0. The Morgan fingerprint density at radius 3 is 2.38 bits per heavy atom. The molecule has 0 aromatic heterocycles. The van der Waals surface area contributed by atoms with Gasteiger partial charge in [0.15, 0.2) is 0 Å². The molecule has 7 heteroatoms. The number of rotatable bonds is 9.